The molecule has 0 radical (unpaired) electrons. The molecular weight excluding hydrogens is 369 g/mol. The second-order valence-corrected chi connectivity index (χ2v) is 6.28. The van der Waals surface area contributed by atoms with Crippen LogP contribution in [0.1, 0.15) is 22.8 Å². The second-order valence-electron chi connectivity index (χ2n) is 5.90. The van der Waals surface area contributed by atoms with Crippen molar-refractivity contribution >= 4 is 23.2 Å². The van der Waals surface area contributed by atoms with E-state index in [1.54, 1.807) is 18.2 Å². The Bertz CT molecular complexity index is 819. The fourth-order valence-electron chi connectivity index (χ4n) is 2.69. The first kappa shape index (κ1) is 19.3. The average molecular weight is 389 g/mol. The number of hydrogen-bond donors (Lipinski definition) is 0. The molecule has 7 heteroatoms. The normalized spacial score (nSPS) is 13.9. The van der Waals surface area contributed by atoms with E-state index >= 15 is 0 Å². The van der Waals surface area contributed by atoms with Crippen molar-refractivity contribution in [3.63, 3.8) is 0 Å². The van der Waals surface area contributed by atoms with E-state index in [0.29, 0.717) is 36.3 Å². The van der Waals surface area contributed by atoms with E-state index in [2.05, 4.69) is 4.90 Å². The maximum absolute atomic E-state index is 13.0. The molecule has 2 aromatic rings. The largest absolute Gasteiger partial charge is 0.490 e. The van der Waals surface area contributed by atoms with Crippen LogP contribution in [0.25, 0.3) is 0 Å². The molecule has 0 bridgehead atoms. The highest BCUT2D eigenvalue weighted by atomic mass is 32.1. The van der Waals surface area contributed by atoms with Gasteiger partial charge in [-0.25, -0.2) is 9.18 Å². The first-order chi connectivity index (χ1) is 13.1. The number of morpholine rings is 1. The molecule has 3 rings (SSSR count). The van der Waals surface area contributed by atoms with Crippen LogP contribution in [0.4, 0.5) is 4.39 Å². The van der Waals surface area contributed by atoms with Crippen LogP contribution >= 0.6 is 12.2 Å². The number of benzene rings is 2. The van der Waals surface area contributed by atoms with Crippen LogP contribution in [0.3, 0.4) is 0 Å². The van der Waals surface area contributed by atoms with Crippen LogP contribution in [0.15, 0.2) is 42.5 Å². The average Bonchev–Trinajstić information content (AvgIpc) is 2.70. The first-order valence-corrected chi connectivity index (χ1v) is 9.11. The van der Waals surface area contributed by atoms with Gasteiger partial charge in [0.2, 0.25) is 0 Å². The maximum atomic E-state index is 13.0. The van der Waals surface area contributed by atoms with Gasteiger partial charge in [-0.05, 0) is 49.4 Å². The molecule has 0 aromatic heterocycles. The van der Waals surface area contributed by atoms with Crippen molar-refractivity contribution < 1.29 is 23.4 Å². The minimum Gasteiger partial charge on any atom is -0.490 e. The Morgan fingerprint density at radius 1 is 1.11 bits per heavy atom. The molecule has 0 saturated carbocycles. The molecule has 0 amide bonds. The van der Waals surface area contributed by atoms with Crippen LogP contribution in [-0.2, 0) is 4.74 Å². The van der Waals surface area contributed by atoms with Crippen LogP contribution < -0.4 is 9.47 Å². The zero-order valence-electron chi connectivity index (χ0n) is 14.9. The zero-order valence-corrected chi connectivity index (χ0v) is 15.8. The number of esters is 1. The molecule has 27 heavy (non-hydrogen) atoms. The predicted octanol–water partition coefficient (Wildman–Crippen LogP) is 3.45. The van der Waals surface area contributed by atoms with Gasteiger partial charge in [0.25, 0.3) is 0 Å². The summed E-state index contributed by atoms with van der Waals surface area (Å²) < 4.78 is 29.4. The lowest BCUT2D eigenvalue weighted by Crippen LogP contribution is -2.40. The van der Waals surface area contributed by atoms with Crippen molar-refractivity contribution in [1.29, 1.82) is 0 Å². The lowest BCUT2D eigenvalue weighted by atomic mass is 10.1. The highest BCUT2D eigenvalue weighted by molar-refractivity contribution is 7.80. The Morgan fingerprint density at radius 3 is 2.44 bits per heavy atom. The van der Waals surface area contributed by atoms with Gasteiger partial charge >= 0.3 is 5.97 Å². The van der Waals surface area contributed by atoms with E-state index in [0.717, 1.165) is 18.7 Å². The summed E-state index contributed by atoms with van der Waals surface area (Å²) in [6, 6.07) is 10.4. The van der Waals surface area contributed by atoms with E-state index in [-0.39, 0.29) is 5.56 Å². The lowest BCUT2D eigenvalue weighted by molar-refractivity contribution is 0.0692. The van der Waals surface area contributed by atoms with Gasteiger partial charge in [-0.1, -0.05) is 12.2 Å². The number of hydrogen-bond acceptors (Lipinski definition) is 5. The number of ether oxygens (including phenoxy) is 3. The Hall–Kier alpha value is -2.51. The molecule has 0 atom stereocenters. The monoisotopic (exact) mass is 389 g/mol. The number of carbonyl (C=O) groups excluding carboxylic acids is 1. The molecule has 2 aromatic carbocycles. The predicted molar refractivity (Wildman–Crippen MR) is 103 cm³/mol. The Balaban J connectivity index is 1.79. The minimum absolute atomic E-state index is 0.256. The van der Waals surface area contributed by atoms with Gasteiger partial charge in [0.15, 0.2) is 11.5 Å². The molecule has 5 nitrogen and oxygen atoms in total. The van der Waals surface area contributed by atoms with Crippen LogP contribution in [0, 0.1) is 5.82 Å². The number of thiocarbonyl (C=S) groups is 1. The smallest absolute Gasteiger partial charge is 0.343 e. The molecular formula is C20H20FNO4S. The lowest BCUT2D eigenvalue weighted by Gasteiger charge is -2.29. The topological polar surface area (TPSA) is 48.0 Å². The molecule has 142 valence electrons. The van der Waals surface area contributed by atoms with Crippen LogP contribution in [0.2, 0.25) is 0 Å². The van der Waals surface area contributed by atoms with Gasteiger partial charge in [0.05, 0.1) is 25.4 Å². The van der Waals surface area contributed by atoms with Crippen molar-refractivity contribution in [2.24, 2.45) is 0 Å². The molecule has 0 spiro atoms. The van der Waals surface area contributed by atoms with Crippen LogP contribution in [0.5, 0.6) is 11.5 Å². The molecule has 0 unspecified atom stereocenters. The van der Waals surface area contributed by atoms with E-state index in [1.807, 2.05) is 6.92 Å². The molecule has 0 N–H and O–H groups in total. The van der Waals surface area contributed by atoms with Crippen molar-refractivity contribution in [3.05, 3.63) is 59.4 Å². The van der Waals surface area contributed by atoms with E-state index < -0.39 is 11.8 Å². The Morgan fingerprint density at radius 2 is 1.78 bits per heavy atom. The van der Waals surface area contributed by atoms with Gasteiger partial charge in [0.1, 0.15) is 10.8 Å². The summed E-state index contributed by atoms with van der Waals surface area (Å²) >= 11 is 5.58. The van der Waals surface area contributed by atoms with Gasteiger partial charge < -0.3 is 19.1 Å². The van der Waals surface area contributed by atoms with E-state index in [4.69, 9.17) is 26.4 Å². The molecule has 1 aliphatic heterocycles. The summed E-state index contributed by atoms with van der Waals surface area (Å²) in [6.07, 6.45) is 0. The van der Waals surface area contributed by atoms with Gasteiger partial charge in [0, 0.05) is 18.7 Å². The summed E-state index contributed by atoms with van der Waals surface area (Å²) in [5.74, 6) is -0.275. The molecule has 1 fully saturated rings. The molecule has 1 heterocycles. The van der Waals surface area contributed by atoms with Crippen molar-refractivity contribution in [1.82, 2.24) is 4.90 Å². The van der Waals surface area contributed by atoms with Crippen molar-refractivity contribution in [3.8, 4) is 11.5 Å². The van der Waals surface area contributed by atoms with Crippen molar-refractivity contribution in [2.75, 3.05) is 32.9 Å². The summed E-state index contributed by atoms with van der Waals surface area (Å²) in [6.45, 7) is 5.03. The Kier molecular flexibility index (Phi) is 6.36. The highest BCUT2D eigenvalue weighted by Gasteiger charge is 2.18. The fraction of sp³-hybridized carbons (Fsp3) is 0.300. The molecule has 1 saturated heterocycles. The zero-order chi connectivity index (χ0) is 19.2. The van der Waals surface area contributed by atoms with E-state index in [1.165, 1.54) is 24.3 Å². The number of nitrogens with zero attached hydrogens (tertiary/aromatic N) is 1. The standard InChI is InChI=1S/C20H20FNO4S/c1-2-25-18-13-15(19(27)22-9-11-24-12-10-22)5-8-17(18)26-20(23)14-3-6-16(21)7-4-14/h3-8,13H,2,9-12H2,1H3. The van der Waals surface area contributed by atoms with E-state index in [9.17, 15) is 9.18 Å². The van der Waals surface area contributed by atoms with Gasteiger partial charge in [-0.2, -0.15) is 0 Å². The van der Waals surface area contributed by atoms with Gasteiger partial charge in [-0.15, -0.1) is 0 Å². The second kappa shape index (κ2) is 8.92. The third kappa shape index (κ3) is 4.81. The SMILES string of the molecule is CCOc1cc(C(=S)N2CCOCC2)ccc1OC(=O)c1ccc(F)cc1. The fourth-order valence-corrected chi connectivity index (χ4v) is 3.00. The summed E-state index contributed by atoms with van der Waals surface area (Å²) in [5.41, 5.74) is 1.07. The quantitative estimate of drug-likeness (QED) is 0.444. The first-order valence-electron chi connectivity index (χ1n) is 8.70. The van der Waals surface area contributed by atoms with Crippen molar-refractivity contribution in [2.45, 2.75) is 6.92 Å². The third-order valence-corrected chi connectivity index (χ3v) is 4.57. The summed E-state index contributed by atoms with van der Waals surface area (Å²) in [4.78, 5) is 15.1. The number of rotatable bonds is 5. The summed E-state index contributed by atoms with van der Waals surface area (Å²) in [5, 5.41) is 0. The molecule has 0 aliphatic carbocycles. The number of halogens is 1. The maximum Gasteiger partial charge on any atom is 0.343 e. The third-order valence-electron chi connectivity index (χ3n) is 4.07. The number of carbonyl (C=O) groups is 1. The molecule has 1 aliphatic rings. The minimum atomic E-state index is -0.584. The summed E-state index contributed by atoms with van der Waals surface area (Å²) in [7, 11) is 0. The van der Waals surface area contributed by atoms with Gasteiger partial charge in [-0.3, -0.25) is 0 Å². The van der Waals surface area contributed by atoms with Crippen LogP contribution in [-0.4, -0.2) is 48.8 Å². The Labute approximate surface area is 162 Å². The highest BCUT2D eigenvalue weighted by Crippen LogP contribution is 2.30.